The highest BCUT2D eigenvalue weighted by Crippen LogP contribution is 2.28. The summed E-state index contributed by atoms with van der Waals surface area (Å²) >= 11 is 0. The van der Waals surface area contributed by atoms with Crippen LogP contribution < -0.4 is 15.8 Å². The second-order valence-electron chi connectivity index (χ2n) is 8.34. The van der Waals surface area contributed by atoms with Crippen LogP contribution in [0, 0.1) is 13.8 Å². The van der Waals surface area contributed by atoms with E-state index >= 15 is 0 Å². The largest absolute Gasteiger partial charge is 0.508 e. The first-order valence-corrected chi connectivity index (χ1v) is 10.8. The molecular weight excluding hydrogens is 400 g/mol. The van der Waals surface area contributed by atoms with Gasteiger partial charge in [0.15, 0.2) is 0 Å². The summed E-state index contributed by atoms with van der Waals surface area (Å²) in [5.41, 5.74) is 12.4. The average Bonchev–Trinajstić information content (AvgIpc) is 2.76. The van der Waals surface area contributed by atoms with Crippen molar-refractivity contribution in [3.63, 3.8) is 0 Å². The van der Waals surface area contributed by atoms with Crippen LogP contribution in [0.5, 0.6) is 11.5 Å². The number of ether oxygens (including phenoxy) is 1. The van der Waals surface area contributed by atoms with Gasteiger partial charge in [0.25, 0.3) is 0 Å². The van der Waals surface area contributed by atoms with E-state index in [9.17, 15) is 9.90 Å². The maximum absolute atomic E-state index is 12.9. The molecule has 0 saturated heterocycles. The number of amides is 1. The van der Waals surface area contributed by atoms with Crippen molar-refractivity contribution in [3.05, 3.63) is 94.0 Å². The third-order valence-electron chi connectivity index (χ3n) is 5.81. The zero-order valence-electron chi connectivity index (χ0n) is 19.2. The lowest BCUT2D eigenvalue weighted by molar-refractivity contribution is -0.123. The van der Waals surface area contributed by atoms with Gasteiger partial charge in [-0.3, -0.25) is 4.79 Å². The smallest absolute Gasteiger partial charge is 0.237 e. The van der Waals surface area contributed by atoms with E-state index in [1.807, 2.05) is 51.1 Å². The Labute approximate surface area is 190 Å². The van der Waals surface area contributed by atoms with Crippen molar-refractivity contribution in [2.24, 2.45) is 5.73 Å². The number of hydrogen-bond acceptors (Lipinski definition) is 4. The van der Waals surface area contributed by atoms with Gasteiger partial charge in [0.2, 0.25) is 5.91 Å². The highest BCUT2D eigenvalue weighted by Gasteiger charge is 2.21. The number of phenolic OH excluding ortho intramolecular Hbond substituents is 1. The second kappa shape index (κ2) is 10.3. The predicted molar refractivity (Wildman–Crippen MR) is 128 cm³/mol. The lowest BCUT2D eigenvalue weighted by Crippen LogP contribution is -2.43. The van der Waals surface area contributed by atoms with Crippen molar-refractivity contribution >= 4 is 5.91 Å². The average molecular weight is 433 g/mol. The molecule has 168 valence electrons. The van der Waals surface area contributed by atoms with Crippen LogP contribution in [-0.2, 0) is 17.6 Å². The van der Waals surface area contributed by atoms with E-state index in [4.69, 9.17) is 10.5 Å². The molecule has 5 nitrogen and oxygen atoms in total. The number of nitrogens with two attached hydrogens (primary N) is 1. The summed E-state index contributed by atoms with van der Waals surface area (Å²) < 4.78 is 5.55. The molecule has 0 aromatic heterocycles. The highest BCUT2D eigenvalue weighted by atomic mass is 16.5. The molecule has 3 rings (SSSR count). The molecule has 0 aliphatic heterocycles. The van der Waals surface area contributed by atoms with E-state index in [-0.39, 0.29) is 17.7 Å². The maximum atomic E-state index is 12.9. The lowest BCUT2D eigenvalue weighted by Gasteiger charge is -2.21. The molecule has 1 amide bonds. The Morgan fingerprint density at radius 1 is 1.03 bits per heavy atom. The van der Waals surface area contributed by atoms with Gasteiger partial charge in [-0.05, 0) is 85.7 Å². The third-order valence-corrected chi connectivity index (χ3v) is 5.81. The third kappa shape index (κ3) is 5.68. The fourth-order valence-electron chi connectivity index (χ4n) is 4.07. The van der Waals surface area contributed by atoms with Crippen molar-refractivity contribution in [1.82, 2.24) is 5.32 Å². The van der Waals surface area contributed by atoms with E-state index in [0.717, 1.165) is 40.0 Å². The minimum absolute atomic E-state index is 0.220. The zero-order chi connectivity index (χ0) is 23.3. The fourth-order valence-corrected chi connectivity index (χ4v) is 4.07. The van der Waals surface area contributed by atoms with E-state index in [2.05, 4.69) is 23.5 Å². The zero-order valence-corrected chi connectivity index (χ0v) is 19.2. The molecule has 2 atom stereocenters. The van der Waals surface area contributed by atoms with E-state index in [1.54, 1.807) is 19.2 Å². The first-order valence-electron chi connectivity index (χ1n) is 10.8. The van der Waals surface area contributed by atoms with Crippen LogP contribution in [0.15, 0.2) is 60.7 Å². The van der Waals surface area contributed by atoms with Gasteiger partial charge in [-0.25, -0.2) is 0 Å². The standard InChI is InChI=1S/C27H32N2O3/c1-17-12-22(30)13-18(2)23(17)16-25(28)27(31)29-19(3)24-15-21(10-11-26(24)32-4)14-20-8-6-5-7-9-20/h5-13,15,19,25,30H,14,16,28H2,1-4H3,(H,29,31)/t19-,25+/m1/s1. The van der Waals surface area contributed by atoms with Crippen LogP contribution in [0.2, 0.25) is 0 Å². The van der Waals surface area contributed by atoms with Crippen molar-refractivity contribution in [2.45, 2.75) is 45.7 Å². The maximum Gasteiger partial charge on any atom is 0.237 e. The van der Waals surface area contributed by atoms with Crippen LogP contribution in [0.1, 0.15) is 46.3 Å². The minimum atomic E-state index is -0.696. The number of aryl methyl sites for hydroxylation is 2. The van der Waals surface area contributed by atoms with Crippen molar-refractivity contribution in [3.8, 4) is 11.5 Å². The van der Waals surface area contributed by atoms with E-state index in [0.29, 0.717) is 6.42 Å². The fraction of sp³-hybridized carbons (Fsp3) is 0.296. The van der Waals surface area contributed by atoms with Crippen LogP contribution >= 0.6 is 0 Å². The molecule has 4 N–H and O–H groups in total. The molecule has 0 aliphatic carbocycles. The Bertz CT molecular complexity index is 1060. The van der Waals surface area contributed by atoms with Crippen LogP contribution in [0.25, 0.3) is 0 Å². The topological polar surface area (TPSA) is 84.6 Å². The summed E-state index contributed by atoms with van der Waals surface area (Å²) in [5, 5.41) is 12.8. The van der Waals surface area contributed by atoms with Gasteiger partial charge in [0, 0.05) is 5.56 Å². The number of carbonyl (C=O) groups excluding carboxylic acids is 1. The van der Waals surface area contributed by atoms with Gasteiger partial charge >= 0.3 is 0 Å². The van der Waals surface area contributed by atoms with Gasteiger partial charge in [0.05, 0.1) is 19.2 Å². The molecule has 3 aromatic carbocycles. The first-order chi connectivity index (χ1) is 15.3. The molecule has 0 spiro atoms. The quantitative estimate of drug-likeness (QED) is 0.494. The Morgan fingerprint density at radius 2 is 1.69 bits per heavy atom. The van der Waals surface area contributed by atoms with Crippen LogP contribution in [0.4, 0.5) is 0 Å². The predicted octanol–water partition coefficient (Wildman–Crippen LogP) is 4.36. The van der Waals surface area contributed by atoms with E-state index < -0.39 is 6.04 Å². The summed E-state index contributed by atoms with van der Waals surface area (Å²) in [6, 6.07) is 18.8. The summed E-state index contributed by atoms with van der Waals surface area (Å²) in [6.45, 7) is 5.77. The molecule has 5 heteroatoms. The van der Waals surface area contributed by atoms with Gasteiger partial charge in [-0.15, -0.1) is 0 Å². The van der Waals surface area contributed by atoms with Gasteiger partial charge < -0.3 is 20.9 Å². The Hall–Kier alpha value is -3.31. The molecule has 0 fully saturated rings. The Kier molecular flexibility index (Phi) is 7.54. The normalized spacial score (nSPS) is 12.8. The number of nitrogens with one attached hydrogen (secondary N) is 1. The molecule has 0 radical (unpaired) electrons. The molecule has 3 aromatic rings. The van der Waals surface area contributed by atoms with Crippen molar-refractivity contribution in [1.29, 1.82) is 0 Å². The van der Waals surface area contributed by atoms with Gasteiger partial charge in [-0.2, -0.15) is 0 Å². The molecule has 0 heterocycles. The van der Waals surface area contributed by atoms with Gasteiger partial charge in [0.1, 0.15) is 11.5 Å². The molecule has 0 unspecified atom stereocenters. The van der Waals surface area contributed by atoms with E-state index in [1.165, 1.54) is 5.56 Å². The summed E-state index contributed by atoms with van der Waals surface area (Å²) in [4.78, 5) is 12.9. The molecule has 0 saturated carbocycles. The Morgan fingerprint density at radius 3 is 2.31 bits per heavy atom. The summed E-state index contributed by atoms with van der Waals surface area (Å²) in [5.74, 6) is 0.728. The molecule has 0 bridgehead atoms. The lowest BCUT2D eigenvalue weighted by atomic mass is 9.95. The minimum Gasteiger partial charge on any atom is -0.508 e. The molecular formula is C27H32N2O3. The summed E-state index contributed by atoms with van der Waals surface area (Å²) in [6.07, 6.45) is 1.21. The Balaban J connectivity index is 1.73. The van der Waals surface area contributed by atoms with Crippen LogP contribution in [0.3, 0.4) is 0 Å². The number of rotatable bonds is 8. The highest BCUT2D eigenvalue weighted by molar-refractivity contribution is 5.82. The second-order valence-corrected chi connectivity index (χ2v) is 8.34. The number of methoxy groups -OCH3 is 1. The number of phenols is 1. The number of carbonyl (C=O) groups is 1. The number of aromatic hydroxyl groups is 1. The molecule has 0 aliphatic rings. The van der Waals surface area contributed by atoms with Crippen LogP contribution in [-0.4, -0.2) is 24.2 Å². The summed E-state index contributed by atoms with van der Waals surface area (Å²) in [7, 11) is 1.63. The van der Waals surface area contributed by atoms with Gasteiger partial charge in [-0.1, -0.05) is 36.4 Å². The van der Waals surface area contributed by atoms with Crippen molar-refractivity contribution in [2.75, 3.05) is 7.11 Å². The first kappa shape index (κ1) is 23.4. The number of hydrogen-bond donors (Lipinski definition) is 3. The monoisotopic (exact) mass is 432 g/mol. The molecule has 32 heavy (non-hydrogen) atoms. The SMILES string of the molecule is COc1ccc(Cc2ccccc2)cc1[C@@H](C)NC(=O)[C@@H](N)Cc1c(C)cc(O)cc1C. The number of benzene rings is 3. The van der Waals surface area contributed by atoms with Crippen molar-refractivity contribution < 1.29 is 14.6 Å².